The lowest BCUT2D eigenvalue weighted by Crippen LogP contribution is -2.44. The van der Waals surface area contributed by atoms with E-state index in [0.29, 0.717) is 0 Å². The Bertz CT molecular complexity index is 297. The molecule has 1 aliphatic heterocycles. The maximum absolute atomic E-state index is 2.47. The molecule has 2 nitrogen and oxygen atoms in total. The molecule has 1 heterocycles. The maximum atomic E-state index is 2.47. The fourth-order valence-electron chi connectivity index (χ4n) is 2.01. The molecule has 1 aromatic carbocycles. The van der Waals surface area contributed by atoms with Crippen molar-refractivity contribution >= 4 is 5.69 Å². The Kier molecular flexibility index (Phi) is 6.06. The molecule has 0 saturated carbocycles. The van der Waals surface area contributed by atoms with Crippen LogP contribution < -0.4 is 4.90 Å². The van der Waals surface area contributed by atoms with Gasteiger partial charge in [-0.05, 0) is 31.2 Å². The Labute approximate surface area is 106 Å². The fraction of sp³-hybridized carbons (Fsp3) is 0.600. The number of rotatable bonds is 2. The Morgan fingerprint density at radius 3 is 1.94 bits per heavy atom. The van der Waals surface area contributed by atoms with Gasteiger partial charge in [0.05, 0.1) is 0 Å². The number of hydrogen-bond donors (Lipinski definition) is 0. The largest absolute Gasteiger partial charge is 0.369 e. The van der Waals surface area contributed by atoms with Crippen molar-refractivity contribution in [1.29, 1.82) is 0 Å². The summed E-state index contributed by atoms with van der Waals surface area (Å²) in [6.45, 7) is 10.9. The van der Waals surface area contributed by atoms with Crippen LogP contribution in [-0.4, -0.2) is 38.1 Å². The molecule has 0 bridgehead atoms. The predicted molar refractivity (Wildman–Crippen MR) is 76.9 cm³/mol. The van der Waals surface area contributed by atoms with E-state index >= 15 is 0 Å². The van der Waals surface area contributed by atoms with Gasteiger partial charge in [-0.1, -0.05) is 32.9 Å². The summed E-state index contributed by atoms with van der Waals surface area (Å²) in [4.78, 5) is 4.86. The van der Waals surface area contributed by atoms with Crippen LogP contribution in [0.3, 0.4) is 0 Å². The number of hydrogen-bond acceptors (Lipinski definition) is 2. The smallest absolute Gasteiger partial charge is 0.0367 e. The van der Waals surface area contributed by atoms with Gasteiger partial charge in [0, 0.05) is 31.9 Å². The number of aryl methyl sites for hydroxylation is 1. The molecule has 0 aromatic heterocycles. The number of anilines is 1. The van der Waals surface area contributed by atoms with Gasteiger partial charge in [-0.2, -0.15) is 0 Å². The van der Waals surface area contributed by atoms with Crippen LogP contribution in [0.4, 0.5) is 5.69 Å². The van der Waals surface area contributed by atoms with Crippen LogP contribution in [0.2, 0.25) is 0 Å². The van der Waals surface area contributed by atoms with E-state index in [1.807, 2.05) is 13.8 Å². The maximum Gasteiger partial charge on any atom is 0.0367 e. The van der Waals surface area contributed by atoms with Crippen molar-refractivity contribution in [3.05, 3.63) is 29.8 Å². The summed E-state index contributed by atoms with van der Waals surface area (Å²) < 4.78 is 0. The van der Waals surface area contributed by atoms with Crippen molar-refractivity contribution in [2.24, 2.45) is 0 Å². The Hall–Kier alpha value is -1.02. The van der Waals surface area contributed by atoms with E-state index in [4.69, 9.17) is 0 Å². The Morgan fingerprint density at radius 1 is 0.941 bits per heavy atom. The molecule has 0 aliphatic carbocycles. The lowest BCUT2D eigenvalue weighted by atomic mass is 10.1. The van der Waals surface area contributed by atoms with E-state index in [1.165, 1.54) is 24.3 Å². The lowest BCUT2D eigenvalue weighted by molar-refractivity contribution is 0.313. The normalized spacial score (nSPS) is 16.4. The molecule has 2 heteroatoms. The molecule has 0 N–H and O–H groups in total. The first-order valence-corrected chi connectivity index (χ1v) is 6.82. The Morgan fingerprint density at radius 2 is 1.47 bits per heavy atom. The van der Waals surface area contributed by atoms with E-state index in [2.05, 4.69) is 48.0 Å². The van der Waals surface area contributed by atoms with E-state index in [-0.39, 0.29) is 0 Å². The summed E-state index contributed by atoms with van der Waals surface area (Å²) in [5.41, 5.74) is 2.80. The van der Waals surface area contributed by atoms with Crippen molar-refractivity contribution in [2.45, 2.75) is 27.2 Å². The van der Waals surface area contributed by atoms with Crippen molar-refractivity contribution in [3.8, 4) is 0 Å². The SMILES string of the molecule is CC.CCc1ccc(N2CCN(C)CC2)cc1. The average molecular weight is 234 g/mol. The zero-order valence-corrected chi connectivity index (χ0v) is 11.7. The van der Waals surface area contributed by atoms with E-state index in [9.17, 15) is 0 Å². The highest BCUT2D eigenvalue weighted by atomic mass is 15.2. The van der Waals surface area contributed by atoms with E-state index in [1.54, 1.807) is 0 Å². The van der Waals surface area contributed by atoms with Gasteiger partial charge in [0.2, 0.25) is 0 Å². The van der Waals surface area contributed by atoms with Gasteiger partial charge in [-0.3, -0.25) is 0 Å². The highest BCUT2D eigenvalue weighted by Crippen LogP contribution is 2.17. The quantitative estimate of drug-likeness (QED) is 0.776. The zero-order chi connectivity index (χ0) is 12.7. The van der Waals surface area contributed by atoms with Crippen molar-refractivity contribution in [2.75, 3.05) is 38.1 Å². The summed E-state index contributed by atoms with van der Waals surface area (Å²) in [5, 5.41) is 0. The van der Waals surface area contributed by atoms with Crippen molar-refractivity contribution < 1.29 is 0 Å². The molecule has 0 atom stereocenters. The van der Waals surface area contributed by atoms with Crippen LogP contribution >= 0.6 is 0 Å². The number of nitrogens with zero attached hydrogens (tertiary/aromatic N) is 2. The molecule has 0 spiro atoms. The van der Waals surface area contributed by atoms with Crippen molar-refractivity contribution in [3.63, 3.8) is 0 Å². The first-order chi connectivity index (χ1) is 8.29. The van der Waals surface area contributed by atoms with E-state index in [0.717, 1.165) is 19.5 Å². The number of piperazine rings is 1. The molecule has 1 saturated heterocycles. The van der Waals surface area contributed by atoms with Gasteiger partial charge in [-0.15, -0.1) is 0 Å². The molecule has 1 fully saturated rings. The molecule has 17 heavy (non-hydrogen) atoms. The number of likely N-dealkylation sites (N-methyl/N-ethyl adjacent to an activating group) is 1. The molecule has 1 aromatic rings. The summed E-state index contributed by atoms with van der Waals surface area (Å²) >= 11 is 0. The molecular weight excluding hydrogens is 208 g/mol. The highest BCUT2D eigenvalue weighted by molar-refractivity contribution is 5.48. The third kappa shape index (κ3) is 4.04. The summed E-state index contributed by atoms with van der Waals surface area (Å²) in [7, 11) is 2.19. The molecule has 0 amide bonds. The Balaban J connectivity index is 0.000000686. The monoisotopic (exact) mass is 234 g/mol. The average Bonchev–Trinajstić information content (AvgIpc) is 2.42. The van der Waals surface area contributed by atoms with Gasteiger partial charge < -0.3 is 9.80 Å². The third-order valence-corrected chi connectivity index (χ3v) is 3.21. The molecule has 96 valence electrons. The van der Waals surface area contributed by atoms with Gasteiger partial charge in [0.15, 0.2) is 0 Å². The van der Waals surface area contributed by atoms with Crippen LogP contribution in [-0.2, 0) is 6.42 Å². The van der Waals surface area contributed by atoms with Crippen LogP contribution in [0.1, 0.15) is 26.3 Å². The van der Waals surface area contributed by atoms with Crippen LogP contribution in [0, 0.1) is 0 Å². The molecule has 1 aliphatic rings. The molecule has 0 radical (unpaired) electrons. The minimum absolute atomic E-state index is 1.13. The molecule has 0 unspecified atom stereocenters. The minimum atomic E-state index is 1.13. The zero-order valence-electron chi connectivity index (χ0n) is 11.7. The van der Waals surface area contributed by atoms with Crippen LogP contribution in [0.25, 0.3) is 0 Å². The van der Waals surface area contributed by atoms with Crippen LogP contribution in [0.15, 0.2) is 24.3 Å². The predicted octanol–water partition coefficient (Wildman–Crippen LogP) is 3.03. The molecule has 2 rings (SSSR count). The van der Waals surface area contributed by atoms with Crippen molar-refractivity contribution in [1.82, 2.24) is 4.90 Å². The summed E-state index contributed by atoms with van der Waals surface area (Å²) in [6.07, 6.45) is 1.13. The summed E-state index contributed by atoms with van der Waals surface area (Å²) in [6, 6.07) is 9.00. The number of benzene rings is 1. The minimum Gasteiger partial charge on any atom is -0.369 e. The lowest BCUT2D eigenvalue weighted by Gasteiger charge is -2.34. The van der Waals surface area contributed by atoms with Gasteiger partial charge >= 0.3 is 0 Å². The first kappa shape index (κ1) is 14.0. The van der Waals surface area contributed by atoms with Gasteiger partial charge in [0.25, 0.3) is 0 Å². The highest BCUT2D eigenvalue weighted by Gasteiger charge is 2.13. The second-order valence-electron chi connectivity index (χ2n) is 4.31. The first-order valence-electron chi connectivity index (χ1n) is 6.82. The van der Waals surface area contributed by atoms with E-state index < -0.39 is 0 Å². The van der Waals surface area contributed by atoms with Gasteiger partial charge in [0.1, 0.15) is 0 Å². The standard InChI is InChI=1S/C13H20N2.C2H6/c1-3-12-4-6-13(7-5-12)15-10-8-14(2)9-11-15;1-2/h4-7H,3,8-11H2,1-2H3;1-2H3. The third-order valence-electron chi connectivity index (χ3n) is 3.21. The van der Waals surface area contributed by atoms with Crippen LogP contribution in [0.5, 0.6) is 0 Å². The second kappa shape index (κ2) is 7.33. The fourth-order valence-corrected chi connectivity index (χ4v) is 2.01. The second-order valence-corrected chi connectivity index (χ2v) is 4.31. The summed E-state index contributed by atoms with van der Waals surface area (Å²) in [5.74, 6) is 0. The molecular formula is C15H26N2. The topological polar surface area (TPSA) is 6.48 Å². The van der Waals surface area contributed by atoms with Gasteiger partial charge in [-0.25, -0.2) is 0 Å².